The molecule has 1 nitrogen and oxygen atoms in total. The van der Waals surface area contributed by atoms with E-state index in [4.69, 9.17) is 0 Å². The van der Waals surface area contributed by atoms with Gasteiger partial charge in [-0.1, -0.05) is 18.2 Å². The molecule has 1 heterocycles. The highest BCUT2D eigenvalue weighted by Crippen LogP contribution is 2.34. The lowest BCUT2D eigenvalue weighted by atomic mass is 9.98. The maximum atomic E-state index is 12.5. The van der Waals surface area contributed by atoms with E-state index in [-0.39, 0.29) is 5.78 Å². The summed E-state index contributed by atoms with van der Waals surface area (Å²) in [4.78, 5) is 13.2. The number of hydrogen-bond donors (Lipinski definition) is 0. The molecular weight excluding hydrogens is 364 g/mol. The van der Waals surface area contributed by atoms with Crippen LogP contribution in [0.2, 0.25) is 0 Å². The Morgan fingerprint density at radius 2 is 1.76 bits per heavy atom. The topological polar surface area (TPSA) is 17.1 Å². The van der Waals surface area contributed by atoms with Crippen molar-refractivity contribution < 1.29 is 4.79 Å². The van der Waals surface area contributed by atoms with E-state index >= 15 is 0 Å². The molecule has 0 amide bonds. The molecule has 0 aliphatic carbocycles. The first-order valence-electron chi connectivity index (χ1n) is 5.05. The van der Waals surface area contributed by atoms with Crippen LogP contribution in [0.3, 0.4) is 0 Å². The van der Waals surface area contributed by atoms with Crippen molar-refractivity contribution in [3.05, 3.63) is 54.1 Å². The summed E-state index contributed by atoms with van der Waals surface area (Å²) >= 11 is 8.30. The first kappa shape index (κ1) is 13.0. The second-order valence-electron chi connectivity index (χ2n) is 3.82. The Hall–Kier alpha value is -0.450. The van der Waals surface area contributed by atoms with E-state index in [0.717, 1.165) is 30.5 Å². The zero-order valence-corrected chi connectivity index (χ0v) is 13.4. The highest BCUT2D eigenvalue weighted by atomic mass is 79.9. The Kier molecular flexibility index (Phi) is 3.85. The van der Waals surface area contributed by atoms with Crippen LogP contribution in [-0.2, 0) is 0 Å². The Morgan fingerprint density at radius 1 is 1.18 bits per heavy atom. The molecule has 0 saturated heterocycles. The van der Waals surface area contributed by atoms with Crippen LogP contribution in [0.5, 0.6) is 0 Å². The van der Waals surface area contributed by atoms with E-state index in [1.165, 1.54) is 11.3 Å². The minimum Gasteiger partial charge on any atom is -0.288 e. The van der Waals surface area contributed by atoms with Gasteiger partial charge in [-0.3, -0.25) is 4.79 Å². The molecule has 2 aromatic rings. The molecule has 0 aliphatic rings. The second kappa shape index (κ2) is 5.04. The summed E-state index contributed by atoms with van der Waals surface area (Å²) in [5, 5.41) is 1.92. The van der Waals surface area contributed by atoms with E-state index < -0.39 is 0 Å². The third kappa shape index (κ3) is 2.39. The summed E-state index contributed by atoms with van der Waals surface area (Å²) in [5.74, 6) is 0.0863. The lowest BCUT2D eigenvalue weighted by Crippen LogP contribution is -2.04. The lowest BCUT2D eigenvalue weighted by Gasteiger charge is -2.07. The summed E-state index contributed by atoms with van der Waals surface area (Å²) in [5.41, 5.74) is 2.85. The van der Waals surface area contributed by atoms with Gasteiger partial charge in [0.1, 0.15) is 0 Å². The zero-order valence-electron chi connectivity index (χ0n) is 9.38. The number of ketones is 1. The molecule has 0 saturated carbocycles. The molecule has 0 radical (unpaired) electrons. The van der Waals surface area contributed by atoms with Crippen molar-refractivity contribution in [3.63, 3.8) is 0 Å². The maximum absolute atomic E-state index is 12.5. The van der Waals surface area contributed by atoms with Crippen molar-refractivity contribution in [2.24, 2.45) is 0 Å². The van der Waals surface area contributed by atoms with Crippen LogP contribution in [0, 0.1) is 13.8 Å². The van der Waals surface area contributed by atoms with Crippen molar-refractivity contribution in [1.82, 2.24) is 0 Å². The highest BCUT2D eigenvalue weighted by molar-refractivity contribution is 9.13. The lowest BCUT2D eigenvalue weighted by molar-refractivity contribution is 0.104. The van der Waals surface area contributed by atoms with Crippen molar-refractivity contribution in [1.29, 1.82) is 0 Å². The van der Waals surface area contributed by atoms with Gasteiger partial charge in [0.15, 0.2) is 0 Å². The quantitative estimate of drug-likeness (QED) is 0.667. The Bertz CT molecular complexity index is 567. The minimum atomic E-state index is 0.0863. The Labute approximate surface area is 121 Å². The minimum absolute atomic E-state index is 0.0863. The van der Waals surface area contributed by atoms with Gasteiger partial charge in [-0.2, -0.15) is 0 Å². The number of benzene rings is 1. The average Bonchev–Trinajstić information content (AvgIpc) is 2.59. The number of halogens is 2. The van der Waals surface area contributed by atoms with E-state index in [9.17, 15) is 4.79 Å². The van der Waals surface area contributed by atoms with Gasteiger partial charge in [0.2, 0.25) is 5.78 Å². The van der Waals surface area contributed by atoms with Gasteiger partial charge >= 0.3 is 0 Å². The monoisotopic (exact) mass is 372 g/mol. The molecule has 0 spiro atoms. The fourth-order valence-electron chi connectivity index (χ4n) is 1.76. The van der Waals surface area contributed by atoms with Crippen LogP contribution in [0.4, 0.5) is 0 Å². The van der Waals surface area contributed by atoms with E-state index in [2.05, 4.69) is 31.9 Å². The molecule has 17 heavy (non-hydrogen) atoms. The molecule has 0 bridgehead atoms. The number of hydrogen-bond acceptors (Lipinski definition) is 2. The van der Waals surface area contributed by atoms with Crippen LogP contribution in [-0.4, -0.2) is 5.78 Å². The largest absolute Gasteiger partial charge is 0.288 e. The van der Waals surface area contributed by atoms with Crippen LogP contribution < -0.4 is 0 Å². The molecule has 0 fully saturated rings. The summed E-state index contributed by atoms with van der Waals surface area (Å²) < 4.78 is 1.77. The van der Waals surface area contributed by atoms with Crippen molar-refractivity contribution in [2.45, 2.75) is 13.8 Å². The fraction of sp³-hybridized carbons (Fsp3) is 0.154. The molecular formula is C13H10Br2OS. The van der Waals surface area contributed by atoms with Crippen molar-refractivity contribution in [3.8, 4) is 0 Å². The fourth-order valence-corrected chi connectivity index (χ4v) is 3.86. The van der Waals surface area contributed by atoms with Gasteiger partial charge in [-0.25, -0.2) is 0 Å². The molecule has 0 N–H and O–H groups in total. The molecule has 4 heteroatoms. The van der Waals surface area contributed by atoms with Gasteiger partial charge in [0.25, 0.3) is 0 Å². The molecule has 0 aliphatic heterocycles. The highest BCUT2D eigenvalue weighted by Gasteiger charge is 2.19. The van der Waals surface area contributed by atoms with Gasteiger partial charge in [0, 0.05) is 15.4 Å². The molecule has 1 aromatic carbocycles. The normalized spacial score (nSPS) is 10.6. The van der Waals surface area contributed by atoms with Gasteiger partial charge < -0.3 is 0 Å². The van der Waals surface area contributed by atoms with Crippen LogP contribution in [0.25, 0.3) is 0 Å². The third-order valence-corrected chi connectivity index (χ3v) is 6.13. The van der Waals surface area contributed by atoms with Crippen molar-refractivity contribution in [2.75, 3.05) is 0 Å². The zero-order chi connectivity index (χ0) is 12.6. The second-order valence-corrected chi connectivity index (χ2v) is 6.35. The van der Waals surface area contributed by atoms with E-state index in [1.54, 1.807) is 0 Å². The smallest absolute Gasteiger partial charge is 0.204 e. The Morgan fingerprint density at radius 3 is 2.24 bits per heavy atom. The first-order valence-corrected chi connectivity index (χ1v) is 7.52. The van der Waals surface area contributed by atoms with Crippen LogP contribution in [0.1, 0.15) is 26.4 Å². The van der Waals surface area contributed by atoms with E-state index in [0.29, 0.717) is 0 Å². The average molecular weight is 374 g/mol. The van der Waals surface area contributed by atoms with Gasteiger partial charge in [-0.15, -0.1) is 11.3 Å². The molecule has 0 unspecified atom stereocenters. The van der Waals surface area contributed by atoms with E-state index in [1.807, 2.05) is 37.4 Å². The van der Waals surface area contributed by atoms with Gasteiger partial charge in [0.05, 0.1) is 9.35 Å². The maximum Gasteiger partial charge on any atom is 0.204 e. The van der Waals surface area contributed by atoms with Crippen LogP contribution >= 0.6 is 43.2 Å². The molecule has 0 atom stereocenters. The number of thiophene rings is 1. The molecule has 2 rings (SSSR count). The van der Waals surface area contributed by atoms with Crippen LogP contribution in [0.15, 0.2) is 32.5 Å². The number of carbonyl (C=O) groups is 1. The summed E-state index contributed by atoms with van der Waals surface area (Å²) in [6, 6.07) is 5.91. The predicted octanol–water partition coefficient (Wildman–Crippen LogP) is 5.12. The SMILES string of the molecule is Cc1cccc(C)c1C(=O)c1scc(Br)c1Br. The summed E-state index contributed by atoms with van der Waals surface area (Å²) in [7, 11) is 0. The molecule has 1 aromatic heterocycles. The first-order chi connectivity index (χ1) is 8.02. The molecule has 88 valence electrons. The number of rotatable bonds is 2. The third-order valence-electron chi connectivity index (χ3n) is 2.60. The predicted molar refractivity (Wildman–Crippen MR) is 79.1 cm³/mol. The standard InChI is InChI=1S/C13H10Br2OS/c1-7-4-3-5-8(2)10(7)12(16)13-11(15)9(14)6-17-13/h3-6H,1-2H3. The Balaban J connectivity index is 2.55. The number of aryl methyl sites for hydroxylation is 2. The number of carbonyl (C=O) groups excluding carboxylic acids is 1. The summed E-state index contributed by atoms with van der Waals surface area (Å²) in [6.45, 7) is 3.94. The van der Waals surface area contributed by atoms with Gasteiger partial charge in [-0.05, 0) is 56.8 Å². The van der Waals surface area contributed by atoms with Crippen molar-refractivity contribution >= 4 is 49.0 Å². The summed E-state index contributed by atoms with van der Waals surface area (Å²) in [6.07, 6.45) is 0.